The zero-order valence-corrected chi connectivity index (χ0v) is 13.5. The minimum atomic E-state index is -1.18. The molecule has 0 aromatic heterocycles. The van der Waals surface area contributed by atoms with E-state index in [0.29, 0.717) is 19.8 Å². The summed E-state index contributed by atoms with van der Waals surface area (Å²) in [6.45, 7) is 9.72. The zero-order valence-electron chi connectivity index (χ0n) is 13.5. The molecule has 0 saturated carbocycles. The van der Waals surface area contributed by atoms with E-state index in [-0.39, 0.29) is 25.0 Å². The number of carbonyl (C=O) groups is 1. The van der Waals surface area contributed by atoms with Crippen LogP contribution in [0.2, 0.25) is 0 Å². The molecule has 2 N–H and O–H groups in total. The number of ether oxygens (including phenoxy) is 2. The first kappa shape index (κ1) is 21.6. The molecule has 5 nitrogen and oxygen atoms in total. The Kier molecular flexibility index (Phi) is 17.6. The summed E-state index contributed by atoms with van der Waals surface area (Å²) < 4.78 is 23.6. The normalized spacial score (nSPS) is 11.8. The molecule has 1 amide bonds. The molecule has 0 heterocycles. The van der Waals surface area contributed by atoms with Gasteiger partial charge in [0, 0.05) is 12.5 Å². The van der Waals surface area contributed by atoms with Gasteiger partial charge in [-0.1, -0.05) is 27.7 Å². The van der Waals surface area contributed by atoms with Gasteiger partial charge in [0.1, 0.15) is 6.17 Å². The summed E-state index contributed by atoms with van der Waals surface area (Å²) in [7, 11) is 1.85. The Hall–Kier alpha value is -0.720. The Morgan fingerprint density at radius 2 is 1.75 bits per heavy atom. The molecule has 0 fully saturated rings. The Labute approximate surface area is 122 Å². The van der Waals surface area contributed by atoms with E-state index in [1.165, 1.54) is 0 Å². The van der Waals surface area contributed by atoms with E-state index in [4.69, 9.17) is 9.47 Å². The lowest BCUT2D eigenvalue weighted by Crippen LogP contribution is -2.35. The summed E-state index contributed by atoms with van der Waals surface area (Å²) in [5, 5.41) is 5.46. The molecule has 1 unspecified atom stereocenters. The van der Waals surface area contributed by atoms with Crippen molar-refractivity contribution >= 4 is 5.91 Å². The summed E-state index contributed by atoms with van der Waals surface area (Å²) >= 11 is 0. The highest BCUT2D eigenvalue weighted by atomic mass is 19.1. The maximum absolute atomic E-state index is 13.3. The topological polar surface area (TPSA) is 59.6 Å². The van der Waals surface area contributed by atoms with Crippen LogP contribution < -0.4 is 10.6 Å². The van der Waals surface area contributed by atoms with Crippen LogP contribution in [0.4, 0.5) is 4.39 Å². The van der Waals surface area contributed by atoms with Crippen molar-refractivity contribution in [3.05, 3.63) is 0 Å². The van der Waals surface area contributed by atoms with Gasteiger partial charge in [-0.05, 0) is 7.05 Å². The number of likely N-dealkylation sites (N-methyl/N-ethyl adjacent to an activating group) is 1. The third-order valence-electron chi connectivity index (χ3n) is 2.19. The first-order valence-electron chi connectivity index (χ1n) is 7.29. The lowest BCUT2D eigenvalue weighted by atomic mass is 10.2. The molecule has 0 saturated heterocycles. The van der Waals surface area contributed by atoms with Crippen molar-refractivity contribution in [3.8, 4) is 0 Å². The molecule has 20 heavy (non-hydrogen) atoms. The Balaban J connectivity index is 0. The summed E-state index contributed by atoms with van der Waals surface area (Å²) in [4.78, 5) is 11.2. The number of hydrogen-bond donors (Lipinski definition) is 2. The third kappa shape index (κ3) is 15.3. The standard InChI is InChI=1S/C12H25FN2O3.C2H6/c1-10(2)12(16)15-8-11(13)9-18-7-6-17-5-4-14-3;1-2/h10-11,14H,4-9H2,1-3H3,(H,15,16);1-2H3. The molecule has 0 aliphatic heterocycles. The minimum absolute atomic E-state index is 0.00236. The molecule has 1 atom stereocenters. The Morgan fingerprint density at radius 1 is 1.15 bits per heavy atom. The largest absolute Gasteiger partial charge is 0.378 e. The van der Waals surface area contributed by atoms with E-state index < -0.39 is 6.17 Å². The summed E-state index contributed by atoms with van der Waals surface area (Å²) in [6.07, 6.45) is -1.18. The second kappa shape index (κ2) is 16.3. The van der Waals surface area contributed by atoms with Gasteiger partial charge in [0.2, 0.25) is 5.91 Å². The van der Waals surface area contributed by atoms with Crippen molar-refractivity contribution in [1.29, 1.82) is 0 Å². The summed E-state index contributed by atoms with van der Waals surface area (Å²) in [5.41, 5.74) is 0. The molecule has 0 bridgehead atoms. The molecule has 0 radical (unpaired) electrons. The Morgan fingerprint density at radius 3 is 2.30 bits per heavy atom. The van der Waals surface area contributed by atoms with Gasteiger partial charge in [-0.3, -0.25) is 4.79 Å². The predicted molar refractivity (Wildman–Crippen MR) is 79.7 cm³/mol. The van der Waals surface area contributed by atoms with Crippen molar-refractivity contribution in [1.82, 2.24) is 10.6 Å². The number of amides is 1. The van der Waals surface area contributed by atoms with Crippen LogP contribution >= 0.6 is 0 Å². The Bertz CT molecular complexity index is 217. The number of hydrogen-bond acceptors (Lipinski definition) is 4. The van der Waals surface area contributed by atoms with Crippen LogP contribution in [0.5, 0.6) is 0 Å². The second-order valence-corrected chi connectivity index (χ2v) is 4.29. The van der Waals surface area contributed by atoms with Crippen molar-refractivity contribution in [2.45, 2.75) is 33.9 Å². The number of nitrogens with one attached hydrogen (secondary N) is 2. The predicted octanol–water partition coefficient (Wildman–Crippen LogP) is 1.38. The van der Waals surface area contributed by atoms with Crippen molar-refractivity contribution < 1.29 is 18.7 Å². The van der Waals surface area contributed by atoms with Gasteiger partial charge in [-0.15, -0.1) is 0 Å². The monoisotopic (exact) mass is 294 g/mol. The maximum atomic E-state index is 13.3. The fourth-order valence-corrected chi connectivity index (χ4v) is 1.08. The lowest BCUT2D eigenvalue weighted by molar-refractivity contribution is -0.124. The highest BCUT2D eigenvalue weighted by Gasteiger charge is 2.11. The van der Waals surface area contributed by atoms with E-state index in [1.54, 1.807) is 13.8 Å². The minimum Gasteiger partial charge on any atom is -0.378 e. The highest BCUT2D eigenvalue weighted by molar-refractivity contribution is 5.77. The SMILES string of the molecule is CC.CNCCOCCOCC(F)CNC(=O)C(C)C. The fourth-order valence-electron chi connectivity index (χ4n) is 1.08. The quantitative estimate of drug-likeness (QED) is 0.565. The average molecular weight is 294 g/mol. The van der Waals surface area contributed by atoms with Gasteiger partial charge in [0.25, 0.3) is 0 Å². The number of alkyl halides is 1. The van der Waals surface area contributed by atoms with Crippen LogP contribution in [0, 0.1) is 5.92 Å². The van der Waals surface area contributed by atoms with E-state index in [1.807, 2.05) is 20.9 Å². The molecule has 0 spiro atoms. The van der Waals surface area contributed by atoms with Gasteiger partial charge >= 0.3 is 0 Å². The number of carbonyl (C=O) groups excluding carboxylic acids is 1. The second-order valence-electron chi connectivity index (χ2n) is 4.29. The van der Waals surface area contributed by atoms with Crippen LogP contribution in [0.25, 0.3) is 0 Å². The number of rotatable bonds is 11. The van der Waals surface area contributed by atoms with Crippen molar-refractivity contribution in [3.63, 3.8) is 0 Å². The highest BCUT2D eigenvalue weighted by Crippen LogP contribution is 1.94. The average Bonchev–Trinajstić information content (AvgIpc) is 2.45. The van der Waals surface area contributed by atoms with E-state index >= 15 is 0 Å². The summed E-state index contributed by atoms with van der Waals surface area (Å²) in [5.74, 6) is -0.272. The zero-order chi connectivity index (χ0) is 15.8. The molecule has 6 heteroatoms. The maximum Gasteiger partial charge on any atom is 0.222 e. The lowest BCUT2D eigenvalue weighted by Gasteiger charge is -2.12. The number of halogens is 1. The van der Waals surface area contributed by atoms with Crippen LogP contribution in [0.3, 0.4) is 0 Å². The van der Waals surface area contributed by atoms with Crippen molar-refractivity contribution in [2.75, 3.05) is 46.6 Å². The third-order valence-corrected chi connectivity index (χ3v) is 2.19. The smallest absolute Gasteiger partial charge is 0.222 e. The van der Waals surface area contributed by atoms with Crippen molar-refractivity contribution in [2.24, 2.45) is 5.92 Å². The van der Waals surface area contributed by atoms with Gasteiger partial charge in [0.15, 0.2) is 0 Å². The van der Waals surface area contributed by atoms with E-state index in [2.05, 4.69) is 10.6 Å². The molecule has 0 aromatic carbocycles. The molecule has 0 aromatic rings. The summed E-state index contributed by atoms with van der Waals surface area (Å²) in [6, 6.07) is 0. The van der Waals surface area contributed by atoms with Gasteiger partial charge < -0.3 is 20.1 Å². The fraction of sp³-hybridized carbons (Fsp3) is 0.929. The molecular weight excluding hydrogens is 263 g/mol. The molecule has 0 aliphatic rings. The van der Waals surface area contributed by atoms with Gasteiger partial charge in [0.05, 0.1) is 33.0 Å². The van der Waals surface area contributed by atoms with Crippen LogP contribution in [0.1, 0.15) is 27.7 Å². The molecule has 0 rings (SSSR count). The van der Waals surface area contributed by atoms with E-state index in [9.17, 15) is 9.18 Å². The van der Waals surface area contributed by atoms with Crippen LogP contribution in [0.15, 0.2) is 0 Å². The molecule has 122 valence electrons. The van der Waals surface area contributed by atoms with Gasteiger partial charge in [-0.25, -0.2) is 4.39 Å². The first-order chi connectivity index (χ1) is 9.57. The van der Waals surface area contributed by atoms with Gasteiger partial charge in [-0.2, -0.15) is 0 Å². The van der Waals surface area contributed by atoms with E-state index in [0.717, 1.165) is 6.54 Å². The van der Waals surface area contributed by atoms with Crippen LogP contribution in [-0.4, -0.2) is 58.6 Å². The molecular formula is C14H31FN2O3. The first-order valence-corrected chi connectivity index (χ1v) is 7.29. The van der Waals surface area contributed by atoms with Crippen LogP contribution in [-0.2, 0) is 14.3 Å². The molecule has 0 aliphatic carbocycles.